The number of amides is 1. The molecule has 2 aliphatic rings. The Morgan fingerprint density at radius 2 is 2.29 bits per heavy atom. The highest BCUT2D eigenvalue weighted by Crippen LogP contribution is 2.38. The van der Waals surface area contributed by atoms with Crippen LogP contribution in [0.15, 0.2) is 16.3 Å². The number of carbonyl (C=O) groups excluding carboxylic acids is 1. The summed E-state index contributed by atoms with van der Waals surface area (Å²) in [6, 6.07) is 1.82. The molecule has 3 nitrogen and oxygen atoms in total. The number of aliphatic hydroxyl groups excluding tert-OH is 1. The first-order valence-electron chi connectivity index (χ1n) is 5.90. The van der Waals surface area contributed by atoms with Crippen LogP contribution in [-0.2, 0) is 0 Å². The fraction of sp³-hybridized carbons (Fsp3) is 0.583. The molecule has 2 heterocycles. The summed E-state index contributed by atoms with van der Waals surface area (Å²) in [6.45, 7) is 1.52. The molecule has 0 spiro atoms. The number of thiophene rings is 1. The van der Waals surface area contributed by atoms with E-state index in [0.717, 1.165) is 29.2 Å². The predicted octanol–water partition coefficient (Wildman–Crippen LogP) is 1.88. The Morgan fingerprint density at radius 3 is 2.94 bits per heavy atom. The lowest BCUT2D eigenvalue weighted by Crippen LogP contribution is -2.30. The molecule has 3 atom stereocenters. The van der Waals surface area contributed by atoms with Crippen molar-refractivity contribution in [3.8, 4) is 0 Å². The zero-order valence-electron chi connectivity index (χ0n) is 9.37. The molecule has 1 saturated heterocycles. The van der Waals surface area contributed by atoms with Gasteiger partial charge in [-0.25, -0.2) is 0 Å². The van der Waals surface area contributed by atoms with E-state index in [1.54, 1.807) is 0 Å². The molecular formula is C12H15NO2S2. The van der Waals surface area contributed by atoms with Gasteiger partial charge in [0.15, 0.2) is 0 Å². The number of carbonyl (C=O) groups is 1. The molecule has 92 valence electrons. The molecule has 1 aliphatic carbocycles. The minimum absolute atomic E-state index is 0.0944. The zero-order valence-corrected chi connectivity index (χ0v) is 11.1. The molecule has 1 N–H and O–H groups in total. The molecule has 0 radical (unpaired) electrons. The molecule has 0 bridgehead atoms. The van der Waals surface area contributed by atoms with Crippen molar-refractivity contribution in [1.29, 1.82) is 0 Å². The second-order valence-electron chi connectivity index (χ2n) is 4.95. The van der Waals surface area contributed by atoms with Crippen LogP contribution in [0, 0.1) is 11.8 Å². The average Bonchev–Trinajstić information content (AvgIpc) is 2.96. The van der Waals surface area contributed by atoms with Crippen molar-refractivity contribution in [2.24, 2.45) is 11.8 Å². The van der Waals surface area contributed by atoms with Gasteiger partial charge in [0, 0.05) is 29.3 Å². The fourth-order valence-electron chi connectivity index (χ4n) is 3.00. The monoisotopic (exact) mass is 269 g/mol. The second-order valence-corrected chi connectivity index (χ2v) is 6.38. The molecule has 1 amide bonds. The molecular weight excluding hydrogens is 254 g/mol. The van der Waals surface area contributed by atoms with Gasteiger partial charge in [-0.05, 0) is 24.8 Å². The lowest BCUT2D eigenvalue weighted by molar-refractivity contribution is 0.0757. The topological polar surface area (TPSA) is 40.5 Å². The largest absolute Gasteiger partial charge is 0.393 e. The van der Waals surface area contributed by atoms with Gasteiger partial charge >= 0.3 is 0 Å². The van der Waals surface area contributed by atoms with Gasteiger partial charge in [0.2, 0.25) is 0 Å². The summed E-state index contributed by atoms with van der Waals surface area (Å²) in [6.07, 6.45) is 1.75. The Labute approximate surface area is 110 Å². The van der Waals surface area contributed by atoms with E-state index in [1.807, 2.05) is 16.3 Å². The van der Waals surface area contributed by atoms with Gasteiger partial charge in [-0.15, -0.1) is 24.0 Å². The van der Waals surface area contributed by atoms with Gasteiger partial charge in [-0.3, -0.25) is 4.79 Å². The number of fused-ring (bicyclic) bond motifs is 1. The molecule has 0 aromatic carbocycles. The minimum Gasteiger partial charge on any atom is -0.393 e. The number of aliphatic hydroxyl groups is 1. The van der Waals surface area contributed by atoms with Gasteiger partial charge in [0.05, 0.1) is 11.0 Å². The van der Waals surface area contributed by atoms with E-state index in [-0.39, 0.29) is 12.0 Å². The third-order valence-corrected chi connectivity index (χ3v) is 5.25. The summed E-state index contributed by atoms with van der Waals surface area (Å²) < 4.78 is 0. The Bertz CT molecular complexity index is 445. The minimum atomic E-state index is -0.207. The number of thiol groups is 1. The first kappa shape index (κ1) is 11.6. The molecule has 1 aromatic rings. The number of likely N-dealkylation sites (tertiary alicyclic amines) is 1. The number of hydrogen-bond acceptors (Lipinski definition) is 4. The SMILES string of the molecule is O=C(c1cc(S)cs1)N1CC2CCC(O)C2C1. The van der Waals surface area contributed by atoms with Gasteiger partial charge in [-0.1, -0.05) is 0 Å². The molecule has 1 aromatic heterocycles. The van der Waals surface area contributed by atoms with Crippen LogP contribution in [0.3, 0.4) is 0 Å². The first-order chi connectivity index (χ1) is 8.15. The van der Waals surface area contributed by atoms with Crippen LogP contribution >= 0.6 is 24.0 Å². The Balaban J connectivity index is 1.73. The normalized spacial score (nSPS) is 31.9. The summed E-state index contributed by atoms with van der Waals surface area (Å²) in [4.78, 5) is 15.7. The zero-order chi connectivity index (χ0) is 12.0. The van der Waals surface area contributed by atoms with Crippen LogP contribution in [-0.4, -0.2) is 35.1 Å². The summed E-state index contributed by atoms with van der Waals surface area (Å²) >= 11 is 5.66. The average molecular weight is 269 g/mol. The predicted molar refractivity (Wildman–Crippen MR) is 69.7 cm³/mol. The third-order valence-electron chi connectivity index (χ3n) is 3.90. The molecule has 2 fully saturated rings. The van der Waals surface area contributed by atoms with Crippen LogP contribution in [0.2, 0.25) is 0 Å². The fourth-order valence-corrected chi connectivity index (χ4v) is 4.11. The van der Waals surface area contributed by atoms with Gasteiger partial charge in [0.1, 0.15) is 0 Å². The van der Waals surface area contributed by atoms with E-state index in [1.165, 1.54) is 11.3 Å². The van der Waals surface area contributed by atoms with E-state index in [0.29, 0.717) is 18.4 Å². The van der Waals surface area contributed by atoms with E-state index in [9.17, 15) is 9.90 Å². The van der Waals surface area contributed by atoms with E-state index in [4.69, 9.17) is 0 Å². The van der Waals surface area contributed by atoms with Gasteiger partial charge in [0.25, 0.3) is 5.91 Å². The van der Waals surface area contributed by atoms with Crippen LogP contribution < -0.4 is 0 Å². The maximum atomic E-state index is 12.2. The summed E-state index contributed by atoms with van der Waals surface area (Å²) in [5.41, 5.74) is 0. The lowest BCUT2D eigenvalue weighted by atomic mass is 10.00. The quantitative estimate of drug-likeness (QED) is 0.764. The Kier molecular flexibility index (Phi) is 2.92. The first-order valence-corrected chi connectivity index (χ1v) is 7.22. The summed E-state index contributed by atoms with van der Waals surface area (Å²) in [5.74, 6) is 0.899. The van der Waals surface area contributed by atoms with Gasteiger partial charge < -0.3 is 10.0 Å². The van der Waals surface area contributed by atoms with Crippen molar-refractivity contribution >= 4 is 29.9 Å². The smallest absolute Gasteiger partial charge is 0.263 e. The van der Waals surface area contributed by atoms with Crippen LogP contribution in [0.1, 0.15) is 22.5 Å². The van der Waals surface area contributed by atoms with E-state index in [2.05, 4.69) is 12.6 Å². The number of rotatable bonds is 1. The maximum Gasteiger partial charge on any atom is 0.263 e. The maximum absolute atomic E-state index is 12.2. The van der Waals surface area contributed by atoms with Crippen LogP contribution in [0.4, 0.5) is 0 Å². The third kappa shape index (κ3) is 2.00. The Morgan fingerprint density at radius 1 is 1.47 bits per heavy atom. The van der Waals surface area contributed by atoms with Crippen molar-refractivity contribution in [2.75, 3.05) is 13.1 Å². The molecule has 3 unspecified atom stereocenters. The Hall–Kier alpha value is -0.520. The lowest BCUT2D eigenvalue weighted by Gasteiger charge is -2.17. The standard InChI is InChI=1S/C12H15NO2S2/c14-10-2-1-7-4-13(5-9(7)10)12(15)11-3-8(16)6-17-11/h3,6-7,9-10,14,16H,1-2,4-5H2. The van der Waals surface area contributed by atoms with E-state index < -0.39 is 0 Å². The highest BCUT2D eigenvalue weighted by molar-refractivity contribution is 7.80. The summed E-state index contributed by atoms with van der Waals surface area (Å²) in [7, 11) is 0. The number of nitrogens with zero attached hydrogens (tertiary/aromatic N) is 1. The highest BCUT2D eigenvalue weighted by Gasteiger charge is 2.43. The van der Waals surface area contributed by atoms with Crippen molar-refractivity contribution in [2.45, 2.75) is 23.8 Å². The molecule has 3 rings (SSSR count). The highest BCUT2D eigenvalue weighted by atomic mass is 32.1. The van der Waals surface area contributed by atoms with Crippen molar-refractivity contribution in [3.05, 3.63) is 16.3 Å². The van der Waals surface area contributed by atoms with E-state index >= 15 is 0 Å². The summed E-state index contributed by atoms with van der Waals surface area (Å²) in [5, 5.41) is 11.7. The van der Waals surface area contributed by atoms with Gasteiger partial charge in [-0.2, -0.15) is 0 Å². The van der Waals surface area contributed by atoms with Crippen LogP contribution in [0.5, 0.6) is 0 Å². The van der Waals surface area contributed by atoms with Crippen molar-refractivity contribution in [3.63, 3.8) is 0 Å². The molecule has 5 heteroatoms. The molecule has 17 heavy (non-hydrogen) atoms. The number of hydrogen-bond donors (Lipinski definition) is 2. The van der Waals surface area contributed by atoms with Crippen LogP contribution in [0.25, 0.3) is 0 Å². The van der Waals surface area contributed by atoms with Crippen molar-refractivity contribution in [1.82, 2.24) is 4.90 Å². The van der Waals surface area contributed by atoms with Crippen molar-refractivity contribution < 1.29 is 9.90 Å². The second kappa shape index (κ2) is 4.30. The molecule has 1 saturated carbocycles. The molecule has 1 aliphatic heterocycles.